The van der Waals surface area contributed by atoms with Crippen LogP contribution in [0.3, 0.4) is 0 Å². The Kier molecular flexibility index (Phi) is 2.71. The Hall–Kier alpha value is -0.290. The molecule has 2 aromatic rings. The Morgan fingerprint density at radius 2 is 2.00 bits per heavy atom. The molecule has 2 nitrogen and oxygen atoms in total. The molecule has 80 valence electrons. The van der Waals surface area contributed by atoms with E-state index in [1.165, 1.54) is 0 Å². The molecule has 1 aromatic heterocycles. The second-order valence-electron chi connectivity index (χ2n) is 3.07. The topological polar surface area (TPSA) is 34.1 Å². The molecule has 0 bridgehead atoms. The number of halogens is 2. The van der Waals surface area contributed by atoms with Crippen molar-refractivity contribution in [3.05, 3.63) is 28.8 Å². The van der Waals surface area contributed by atoms with Gasteiger partial charge in [-0.15, -0.1) is 11.3 Å². The fourth-order valence-electron chi connectivity index (χ4n) is 1.42. The lowest BCUT2D eigenvalue weighted by Gasteiger charge is -1.93. The third-order valence-electron chi connectivity index (χ3n) is 2.09. The number of hydrogen-bond acceptors (Lipinski definition) is 3. The Morgan fingerprint density at radius 3 is 2.53 bits per heavy atom. The fourth-order valence-corrected chi connectivity index (χ4v) is 4.41. The predicted molar refractivity (Wildman–Crippen MR) is 64.6 cm³/mol. The van der Waals surface area contributed by atoms with Crippen LogP contribution in [0.15, 0.2) is 22.4 Å². The van der Waals surface area contributed by atoms with Crippen LogP contribution in [-0.2, 0) is 9.05 Å². The van der Waals surface area contributed by atoms with Crippen molar-refractivity contribution < 1.29 is 8.42 Å². The molecule has 0 saturated heterocycles. The normalized spacial score (nSPS) is 12.2. The van der Waals surface area contributed by atoms with Crippen molar-refractivity contribution in [1.29, 1.82) is 0 Å². The van der Waals surface area contributed by atoms with Gasteiger partial charge in [-0.1, -0.05) is 23.7 Å². The lowest BCUT2D eigenvalue weighted by atomic mass is 10.2. The first-order valence-electron chi connectivity index (χ1n) is 4.03. The van der Waals surface area contributed by atoms with Crippen molar-refractivity contribution >= 4 is 52.8 Å². The zero-order chi connectivity index (χ0) is 11.2. The van der Waals surface area contributed by atoms with E-state index in [2.05, 4.69) is 0 Å². The van der Waals surface area contributed by atoms with Crippen LogP contribution in [0.5, 0.6) is 0 Å². The summed E-state index contributed by atoms with van der Waals surface area (Å²) < 4.78 is 23.5. The summed E-state index contributed by atoms with van der Waals surface area (Å²) in [5.41, 5.74) is 0.660. The maximum absolute atomic E-state index is 11.3. The van der Waals surface area contributed by atoms with Crippen LogP contribution in [-0.4, -0.2) is 8.42 Å². The van der Waals surface area contributed by atoms with Crippen LogP contribution in [0.4, 0.5) is 0 Å². The molecule has 2 rings (SSSR count). The number of thiophene rings is 1. The van der Waals surface area contributed by atoms with Crippen LogP contribution in [0.1, 0.15) is 5.56 Å². The van der Waals surface area contributed by atoms with Crippen molar-refractivity contribution in [2.24, 2.45) is 0 Å². The Bertz CT molecular complexity index is 629. The Morgan fingerprint density at radius 1 is 1.33 bits per heavy atom. The van der Waals surface area contributed by atoms with E-state index in [0.717, 1.165) is 21.4 Å². The van der Waals surface area contributed by atoms with E-state index < -0.39 is 9.05 Å². The molecule has 0 unspecified atom stereocenters. The molecule has 0 aliphatic rings. The lowest BCUT2D eigenvalue weighted by Crippen LogP contribution is -1.87. The van der Waals surface area contributed by atoms with Gasteiger partial charge in [0, 0.05) is 10.7 Å². The summed E-state index contributed by atoms with van der Waals surface area (Å²) >= 11 is 7.07. The minimum atomic E-state index is -3.68. The first-order chi connectivity index (χ1) is 6.91. The van der Waals surface area contributed by atoms with Crippen LogP contribution in [0.25, 0.3) is 10.1 Å². The van der Waals surface area contributed by atoms with Gasteiger partial charge >= 0.3 is 0 Å². The second kappa shape index (κ2) is 3.63. The van der Waals surface area contributed by atoms with Crippen molar-refractivity contribution in [2.45, 2.75) is 11.1 Å². The molecule has 0 fully saturated rings. The number of rotatable bonds is 1. The Balaban J connectivity index is 2.93. The van der Waals surface area contributed by atoms with Crippen LogP contribution < -0.4 is 0 Å². The van der Waals surface area contributed by atoms with Gasteiger partial charge in [-0.2, -0.15) is 0 Å². The fraction of sp³-hybridized carbons (Fsp3) is 0.111. The monoisotopic (exact) mass is 280 g/mol. The van der Waals surface area contributed by atoms with E-state index in [0.29, 0.717) is 10.6 Å². The number of fused-ring (bicyclic) bond motifs is 1. The first-order valence-corrected chi connectivity index (χ1v) is 7.54. The van der Waals surface area contributed by atoms with E-state index in [-0.39, 0.29) is 4.21 Å². The summed E-state index contributed by atoms with van der Waals surface area (Å²) in [5, 5.41) is 1.39. The molecule has 0 spiro atoms. The average molecular weight is 281 g/mol. The molecule has 6 heteroatoms. The van der Waals surface area contributed by atoms with Gasteiger partial charge in [0.2, 0.25) is 0 Å². The minimum absolute atomic E-state index is 0.173. The van der Waals surface area contributed by atoms with Gasteiger partial charge in [0.05, 0.1) is 9.72 Å². The maximum atomic E-state index is 11.3. The molecule has 0 atom stereocenters. The summed E-state index contributed by atoms with van der Waals surface area (Å²) in [6, 6.07) is 5.35. The highest BCUT2D eigenvalue weighted by Crippen LogP contribution is 2.39. The zero-order valence-corrected chi connectivity index (χ0v) is 10.8. The molecule has 0 aliphatic carbocycles. The molecule has 15 heavy (non-hydrogen) atoms. The Labute approximate surface area is 101 Å². The molecule has 0 radical (unpaired) electrons. The van der Waals surface area contributed by atoms with Gasteiger partial charge in [0.25, 0.3) is 9.05 Å². The SMILES string of the molecule is Cc1c(S(=O)(=O)Cl)sc2c(Cl)cccc12. The standard InChI is InChI=1S/C9H6Cl2O2S2/c1-5-6-3-2-4-7(10)8(6)14-9(5)15(11,12)13/h2-4H,1H3. The average Bonchev–Trinajstić information content (AvgIpc) is 2.45. The summed E-state index contributed by atoms with van der Waals surface area (Å²) in [4.78, 5) is 0. The number of aryl methyl sites for hydroxylation is 1. The van der Waals surface area contributed by atoms with E-state index in [1.807, 2.05) is 6.07 Å². The van der Waals surface area contributed by atoms with Gasteiger partial charge < -0.3 is 0 Å². The maximum Gasteiger partial charge on any atom is 0.271 e. The summed E-state index contributed by atoms with van der Waals surface area (Å²) in [5.74, 6) is 0. The summed E-state index contributed by atoms with van der Waals surface area (Å²) in [6.07, 6.45) is 0. The van der Waals surface area contributed by atoms with Crippen molar-refractivity contribution in [2.75, 3.05) is 0 Å². The van der Waals surface area contributed by atoms with Crippen molar-refractivity contribution in [3.8, 4) is 0 Å². The third kappa shape index (κ3) is 1.87. The highest BCUT2D eigenvalue weighted by Gasteiger charge is 2.19. The van der Waals surface area contributed by atoms with E-state index in [4.69, 9.17) is 22.3 Å². The molecule has 0 aliphatic heterocycles. The van der Waals surface area contributed by atoms with E-state index in [9.17, 15) is 8.42 Å². The largest absolute Gasteiger partial charge is 0.271 e. The first kappa shape index (κ1) is 11.2. The van der Waals surface area contributed by atoms with Gasteiger partial charge in [-0.05, 0) is 23.9 Å². The van der Waals surface area contributed by atoms with Gasteiger partial charge in [0.1, 0.15) is 4.21 Å². The van der Waals surface area contributed by atoms with Gasteiger partial charge in [-0.25, -0.2) is 8.42 Å². The molecule has 0 saturated carbocycles. The smallest absolute Gasteiger partial charge is 0.206 e. The van der Waals surface area contributed by atoms with Crippen LogP contribution >= 0.6 is 33.6 Å². The summed E-state index contributed by atoms with van der Waals surface area (Å²) in [6.45, 7) is 1.73. The minimum Gasteiger partial charge on any atom is -0.206 e. The summed E-state index contributed by atoms with van der Waals surface area (Å²) in [7, 11) is 1.65. The van der Waals surface area contributed by atoms with Crippen molar-refractivity contribution in [3.63, 3.8) is 0 Å². The van der Waals surface area contributed by atoms with E-state index in [1.54, 1.807) is 19.1 Å². The molecule has 0 amide bonds. The number of benzene rings is 1. The second-order valence-corrected chi connectivity index (χ2v) is 7.26. The third-order valence-corrected chi connectivity index (χ3v) is 6.05. The molecule has 0 N–H and O–H groups in total. The molecular formula is C9H6Cl2O2S2. The van der Waals surface area contributed by atoms with Crippen molar-refractivity contribution in [1.82, 2.24) is 0 Å². The predicted octanol–water partition coefficient (Wildman–Crippen LogP) is 3.79. The van der Waals surface area contributed by atoms with Gasteiger partial charge in [-0.3, -0.25) is 0 Å². The molecule has 1 heterocycles. The lowest BCUT2D eigenvalue weighted by molar-refractivity contribution is 0.611. The highest BCUT2D eigenvalue weighted by atomic mass is 35.7. The van der Waals surface area contributed by atoms with E-state index >= 15 is 0 Å². The number of hydrogen-bond donors (Lipinski definition) is 0. The molecular weight excluding hydrogens is 275 g/mol. The zero-order valence-electron chi connectivity index (χ0n) is 7.62. The van der Waals surface area contributed by atoms with Crippen LogP contribution in [0.2, 0.25) is 5.02 Å². The van der Waals surface area contributed by atoms with Gasteiger partial charge in [0.15, 0.2) is 0 Å². The quantitative estimate of drug-likeness (QED) is 0.745. The van der Waals surface area contributed by atoms with Crippen LogP contribution in [0, 0.1) is 6.92 Å². The molecule has 1 aromatic carbocycles. The highest BCUT2D eigenvalue weighted by molar-refractivity contribution is 8.15.